The zero-order chi connectivity index (χ0) is 16.9. The number of likely N-dealkylation sites (tertiary alicyclic amines) is 1. The number of carbonyl (C=O) groups is 1. The molecule has 1 aromatic rings. The van der Waals surface area contributed by atoms with E-state index in [-0.39, 0.29) is 24.4 Å². The number of amides is 2. The maximum Gasteiger partial charge on any atom is 0.315 e. The first-order valence-electron chi connectivity index (χ1n) is 8.05. The van der Waals surface area contributed by atoms with Gasteiger partial charge in [0.15, 0.2) is 0 Å². The number of carbonyl (C=O) groups excluding carboxylic acids is 1. The van der Waals surface area contributed by atoms with Gasteiger partial charge in [-0.25, -0.2) is 9.18 Å². The van der Waals surface area contributed by atoms with Gasteiger partial charge in [0, 0.05) is 32.2 Å². The molecule has 6 heteroatoms. The molecule has 2 amide bonds. The van der Waals surface area contributed by atoms with Gasteiger partial charge in [0.25, 0.3) is 0 Å². The fraction of sp³-hybridized carbons (Fsp3) is 0.588. The predicted octanol–water partition coefficient (Wildman–Crippen LogP) is 1.86. The fourth-order valence-corrected chi connectivity index (χ4v) is 2.62. The number of piperidine rings is 1. The highest BCUT2D eigenvalue weighted by atomic mass is 19.1. The second-order valence-corrected chi connectivity index (χ2v) is 6.82. The van der Waals surface area contributed by atoms with Crippen molar-refractivity contribution in [1.29, 1.82) is 0 Å². The van der Waals surface area contributed by atoms with E-state index in [1.54, 1.807) is 13.8 Å². The lowest BCUT2D eigenvalue weighted by molar-refractivity contribution is 0.0815. The molecular weight excluding hydrogens is 297 g/mol. The van der Waals surface area contributed by atoms with E-state index in [0.717, 1.165) is 38.0 Å². The maximum absolute atomic E-state index is 12.9. The van der Waals surface area contributed by atoms with Crippen molar-refractivity contribution >= 4 is 6.03 Å². The highest BCUT2D eigenvalue weighted by Gasteiger charge is 2.21. The molecular formula is C17H26FN3O2. The van der Waals surface area contributed by atoms with Gasteiger partial charge >= 0.3 is 6.03 Å². The highest BCUT2D eigenvalue weighted by Crippen LogP contribution is 2.14. The minimum atomic E-state index is -0.907. The molecule has 1 aliphatic rings. The fourth-order valence-electron chi connectivity index (χ4n) is 2.62. The van der Waals surface area contributed by atoms with E-state index in [1.165, 1.54) is 12.1 Å². The van der Waals surface area contributed by atoms with E-state index >= 15 is 0 Å². The second kappa shape index (κ2) is 7.75. The van der Waals surface area contributed by atoms with E-state index in [0.29, 0.717) is 0 Å². The van der Waals surface area contributed by atoms with Gasteiger partial charge in [0.05, 0.1) is 5.60 Å². The van der Waals surface area contributed by atoms with Gasteiger partial charge in [0.2, 0.25) is 0 Å². The van der Waals surface area contributed by atoms with Crippen molar-refractivity contribution in [3.05, 3.63) is 35.6 Å². The maximum atomic E-state index is 12.9. The van der Waals surface area contributed by atoms with E-state index in [2.05, 4.69) is 15.5 Å². The molecule has 0 aliphatic carbocycles. The zero-order valence-electron chi connectivity index (χ0n) is 13.8. The molecule has 1 fully saturated rings. The molecule has 128 valence electrons. The third kappa shape index (κ3) is 6.54. The van der Waals surface area contributed by atoms with Crippen LogP contribution in [-0.2, 0) is 6.54 Å². The Kier molecular flexibility index (Phi) is 5.96. The summed E-state index contributed by atoms with van der Waals surface area (Å²) in [6, 6.07) is 6.51. The third-order valence-corrected chi connectivity index (χ3v) is 3.92. The van der Waals surface area contributed by atoms with Gasteiger partial charge in [-0.05, 0) is 44.4 Å². The van der Waals surface area contributed by atoms with E-state index in [4.69, 9.17) is 0 Å². The summed E-state index contributed by atoms with van der Waals surface area (Å²) < 4.78 is 12.9. The first kappa shape index (κ1) is 17.7. The van der Waals surface area contributed by atoms with Crippen LogP contribution in [0.2, 0.25) is 0 Å². The standard InChI is InChI=1S/C17H26FN3O2/c1-17(2,23)12-19-16(22)20-15-7-9-21(10-8-15)11-13-3-5-14(18)6-4-13/h3-6,15,23H,7-12H2,1-2H3,(H2,19,20,22). The predicted molar refractivity (Wildman–Crippen MR) is 87.5 cm³/mol. The van der Waals surface area contributed by atoms with Gasteiger partial charge in [0.1, 0.15) is 5.82 Å². The molecule has 1 heterocycles. The smallest absolute Gasteiger partial charge is 0.315 e. The number of nitrogens with one attached hydrogen (secondary N) is 2. The van der Waals surface area contributed by atoms with E-state index in [1.807, 2.05) is 12.1 Å². The number of hydrogen-bond donors (Lipinski definition) is 3. The number of halogens is 1. The van der Waals surface area contributed by atoms with Crippen molar-refractivity contribution in [2.45, 2.75) is 44.9 Å². The lowest BCUT2D eigenvalue weighted by Gasteiger charge is -2.32. The topological polar surface area (TPSA) is 64.6 Å². The van der Waals surface area contributed by atoms with Gasteiger partial charge in [-0.1, -0.05) is 12.1 Å². The average molecular weight is 323 g/mol. The Balaban J connectivity index is 1.69. The van der Waals surface area contributed by atoms with Crippen LogP contribution in [0.5, 0.6) is 0 Å². The molecule has 23 heavy (non-hydrogen) atoms. The zero-order valence-corrected chi connectivity index (χ0v) is 13.8. The molecule has 2 rings (SSSR count). The molecule has 0 unspecified atom stereocenters. The number of benzene rings is 1. The quantitative estimate of drug-likeness (QED) is 0.775. The summed E-state index contributed by atoms with van der Waals surface area (Å²) >= 11 is 0. The van der Waals surface area contributed by atoms with Crippen molar-refractivity contribution < 1.29 is 14.3 Å². The van der Waals surface area contributed by atoms with Crippen LogP contribution in [0.4, 0.5) is 9.18 Å². The Hall–Kier alpha value is -1.66. The van der Waals surface area contributed by atoms with Crippen LogP contribution < -0.4 is 10.6 Å². The number of rotatable bonds is 5. The van der Waals surface area contributed by atoms with Gasteiger partial charge < -0.3 is 15.7 Å². The Labute approximate surface area is 136 Å². The molecule has 5 nitrogen and oxygen atoms in total. The summed E-state index contributed by atoms with van der Waals surface area (Å²) in [6.07, 6.45) is 1.77. The molecule has 0 saturated carbocycles. The lowest BCUT2D eigenvalue weighted by Crippen LogP contribution is -2.50. The highest BCUT2D eigenvalue weighted by molar-refractivity contribution is 5.74. The Morgan fingerprint density at radius 3 is 2.48 bits per heavy atom. The van der Waals surface area contributed by atoms with Crippen LogP contribution in [-0.4, -0.2) is 47.3 Å². The van der Waals surface area contributed by atoms with Crippen molar-refractivity contribution in [3.63, 3.8) is 0 Å². The van der Waals surface area contributed by atoms with Gasteiger partial charge in [-0.2, -0.15) is 0 Å². The van der Waals surface area contributed by atoms with Gasteiger partial charge in [-0.15, -0.1) is 0 Å². The number of aliphatic hydroxyl groups is 1. The van der Waals surface area contributed by atoms with Crippen molar-refractivity contribution in [2.24, 2.45) is 0 Å². The van der Waals surface area contributed by atoms with Gasteiger partial charge in [-0.3, -0.25) is 4.90 Å². The lowest BCUT2D eigenvalue weighted by atomic mass is 10.0. The van der Waals surface area contributed by atoms with Crippen LogP contribution >= 0.6 is 0 Å². The first-order chi connectivity index (χ1) is 10.8. The summed E-state index contributed by atoms with van der Waals surface area (Å²) in [6.45, 7) is 6.13. The minimum Gasteiger partial charge on any atom is -0.389 e. The average Bonchev–Trinajstić information content (AvgIpc) is 2.49. The largest absolute Gasteiger partial charge is 0.389 e. The number of nitrogens with zero attached hydrogens (tertiary/aromatic N) is 1. The molecule has 1 saturated heterocycles. The normalized spacial score (nSPS) is 17.0. The molecule has 3 N–H and O–H groups in total. The van der Waals surface area contributed by atoms with Crippen LogP contribution in [0, 0.1) is 5.82 Å². The molecule has 0 radical (unpaired) electrons. The van der Waals surface area contributed by atoms with Crippen LogP contribution in [0.25, 0.3) is 0 Å². The monoisotopic (exact) mass is 323 g/mol. The molecule has 0 aromatic heterocycles. The summed E-state index contributed by atoms with van der Waals surface area (Å²) in [4.78, 5) is 14.1. The Morgan fingerprint density at radius 2 is 1.91 bits per heavy atom. The molecule has 0 spiro atoms. The van der Waals surface area contributed by atoms with Crippen LogP contribution in [0.15, 0.2) is 24.3 Å². The van der Waals surface area contributed by atoms with Crippen molar-refractivity contribution in [2.75, 3.05) is 19.6 Å². The Morgan fingerprint density at radius 1 is 1.30 bits per heavy atom. The Bertz CT molecular complexity index is 506. The molecule has 1 aromatic carbocycles. The second-order valence-electron chi connectivity index (χ2n) is 6.82. The van der Waals surface area contributed by atoms with E-state index in [9.17, 15) is 14.3 Å². The summed E-state index contributed by atoms with van der Waals surface area (Å²) in [5.74, 6) is -0.214. The summed E-state index contributed by atoms with van der Waals surface area (Å²) in [7, 11) is 0. The van der Waals surface area contributed by atoms with Crippen molar-refractivity contribution in [1.82, 2.24) is 15.5 Å². The van der Waals surface area contributed by atoms with Crippen molar-refractivity contribution in [3.8, 4) is 0 Å². The van der Waals surface area contributed by atoms with E-state index < -0.39 is 5.60 Å². The first-order valence-corrected chi connectivity index (χ1v) is 8.05. The van der Waals surface area contributed by atoms with Crippen LogP contribution in [0.1, 0.15) is 32.3 Å². The summed E-state index contributed by atoms with van der Waals surface area (Å²) in [5, 5.41) is 15.2. The SMILES string of the molecule is CC(C)(O)CNC(=O)NC1CCN(Cc2ccc(F)cc2)CC1. The third-order valence-electron chi connectivity index (χ3n) is 3.92. The number of urea groups is 1. The molecule has 0 atom stereocenters. The number of hydrogen-bond acceptors (Lipinski definition) is 3. The summed E-state index contributed by atoms with van der Waals surface area (Å²) in [5.41, 5.74) is 0.191. The molecule has 0 bridgehead atoms. The van der Waals surface area contributed by atoms with Crippen LogP contribution in [0.3, 0.4) is 0 Å². The molecule has 1 aliphatic heterocycles. The minimum absolute atomic E-state index is 0.154.